The van der Waals surface area contributed by atoms with E-state index in [4.69, 9.17) is 16.3 Å². The number of benzene rings is 1. The van der Waals surface area contributed by atoms with Gasteiger partial charge < -0.3 is 19.9 Å². The van der Waals surface area contributed by atoms with Gasteiger partial charge in [0.15, 0.2) is 0 Å². The first-order valence-electron chi connectivity index (χ1n) is 11.3. The van der Waals surface area contributed by atoms with E-state index in [1.807, 2.05) is 19.1 Å². The molecule has 4 heterocycles. The van der Waals surface area contributed by atoms with Crippen LogP contribution in [0.25, 0.3) is 10.9 Å². The summed E-state index contributed by atoms with van der Waals surface area (Å²) in [4.78, 5) is 24.9. The molecule has 0 atom stereocenters. The predicted molar refractivity (Wildman–Crippen MR) is 129 cm³/mol. The molecule has 0 aliphatic carbocycles. The fourth-order valence-electron chi connectivity index (χ4n) is 4.75. The van der Waals surface area contributed by atoms with Gasteiger partial charge in [-0.1, -0.05) is 11.6 Å². The minimum atomic E-state index is 0.000141. The van der Waals surface area contributed by atoms with Crippen molar-refractivity contribution in [2.24, 2.45) is 0 Å². The van der Waals surface area contributed by atoms with Gasteiger partial charge in [-0.25, -0.2) is 4.98 Å². The number of nitrogens with zero attached hydrogens (tertiary/aromatic N) is 3. The van der Waals surface area contributed by atoms with Crippen molar-refractivity contribution >= 4 is 34.0 Å². The highest BCUT2D eigenvalue weighted by Gasteiger charge is 2.22. The number of fused-ring (bicyclic) bond motifs is 3. The van der Waals surface area contributed by atoms with Crippen LogP contribution in [0, 0.1) is 0 Å². The molecule has 1 aromatic carbocycles. The molecule has 0 amide bonds. The molecular formula is C24H28ClN5O2. The minimum absolute atomic E-state index is 0.000141. The van der Waals surface area contributed by atoms with Gasteiger partial charge in [0, 0.05) is 51.0 Å². The molecule has 0 bridgehead atoms. The molecular weight excluding hydrogens is 426 g/mol. The van der Waals surface area contributed by atoms with E-state index in [9.17, 15) is 4.79 Å². The zero-order chi connectivity index (χ0) is 22.1. The van der Waals surface area contributed by atoms with Crippen LogP contribution < -0.4 is 20.5 Å². The van der Waals surface area contributed by atoms with Crippen LogP contribution >= 0.6 is 11.6 Å². The second kappa shape index (κ2) is 9.00. The van der Waals surface area contributed by atoms with Crippen LogP contribution in [0.5, 0.6) is 5.75 Å². The van der Waals surface area contributed by atoms with E-state index >= 15 is 0 Å². The predicted octanol–water partition coefficient (Wildman–Crippen LogP) is 3.66. The van der Waals surface area contributed by atoms with Crippen molar-refractivity contribution in [1.29, 1.82) is 0 Å². The number of aromatic nitrogens is 2. The molecule has 8 heteroatoms. The third-order valence-corrected chi connectivity index (χ3v) is 6.55. The van der Waals surface area contributed by atoms with Gasteiger partial charge in [-0.2, -0.15) is 0 Å². The largest absolute Gasteiger partial charge is 0.493 e. The molecule has 7 nitrogen and oxygen atoms in total. The summed E-state index contributed by atoms with van der Waals surface area (Å²) < 4.78 is 6.03. The first-order chi connectivity index (χ1) is 15.6. The minimum Gasteiger partial charge on any atom is -0.493 e. The highest BCUT2D eigenvalue weighted by molar-refractivity contribution is 6.32. The average molecular weight is 454 g/mol. The van der Waals surface area contributed by atoms with Crippen LogP contribution in [0.2, 0.25) is 5.02 Å². The molecule has 2 aliphatic rings. The third kappa shape index (κ3) is 4.02. The number of nitrogens with one attached hydrogen (secondary N) is 2. The Labute approximate surface area is 192 Å². The highest BCUT2D eigenvalue weighted by Crippen LogP contribution is 2.36. The summed E-state index contributed by atoms with van der Waals surface area (Å²) in [7, 11) is 0. The molecule has 0 radical (unpaired) electrons. The number of hydrogen-bond donors (Lipinski definition) is 2. The molecule has 0 saturated carbocycles. The summed E-state index contributed by atoms with van der Waals surface area (Å²) in [6.45, 7) is 7.82. The number of ether oxygens (including phenoxy) is 1. The van der Waals surface area contributed by atoms with Crippen molar-refractivity contribution in [3.8, 4) is 5.75 Å². The Morgan fingerprint density at radius 3 is 2.84 bits per heavy atom. The van der Waals surface area contributed by atoms with Crippen molar-refractivity contribution in [3.05, 3.63) is 57.0 Å². The second-order valence-electron chi connectivity index (χ2n) is 8.36. The van der Waals surface area contributed by atoms with Gasteiger partial charge >= 0.3 is 0 Å². The number of rotatable bonds is 5. The molecule has 1 fully saturated rings. The normalized spacial score (nSPS) is 16.6. The lowest BCUT2D eigenvalue weighted by Gasteiger charge is -2.35. The maximum Gasteiger partial charge on any atom is 0.253 e. The molecule has 2 aromatic heterocycles. The summed E-state index contributed by atoms with van der Waals surface area (Å²) >= 11 is 6.32. The summed E-state index contributed by atoms with van der Waals surface area (Å²) in [5.74, 6) is 1.69. The van der Waals surface area contributed by atoms with Crippen LogP contribution in [0.15, 0.2) is 35.3 Å². The maximum atomic E-state index is 12.7. The van der Waals surface area contributed by atoms with Crippen molar-refractivity contribution in [3.63, 3.8) is 0 Å². The number of aromatic amines is 1. The molecule has 2 N–H and O–H groups in total. The first-order valence-corrected chi connectivity index (χ1v) is 11.7. The number of hydrogen-bond acceptors (Lipinski definition) is 6. The van der Waals surface area contributed by atoms with Crippen molar-refractivity contribution in [2.45, 2.75) is 26.3 Å². The van der Waals surface area contributed by atoms with Gasteiger partial charge in [-0.05, 0) is 49.6 Å². The number of pyridine rings is 2. The molecule has 0 unspecified atom stereocenters. The molecule has 0 spiro atoms. The lowest BCUT2D eigenvalue weighted by Crippen LogP contribution is -2.46. The molecule has 5 rings (SSSR count). The molecule has 168 valence electrons. The van der Waals surface area contributed by atoms with Gasteiger partial charge in [0.25, 0.3) is 5.56 Å². The van der Waals surface area contributed by atoms with Crippen LogP contribution in [0.4, 0.5) is 11.5 Å². The van der Waals surface area contributed by atoms with Gasteiger partial charge in [-0.15, -0.1) is 0 Å². The van der Waals surface area contributed by atoms with Crippen molar-refractivity contribution in [1.82, 2.24) is 14.9 Å². The van der Waals surface area contributed by atoms with Gasteiger partial charge in [-0.3, -0.25) is 9.69 Å². The SMILES string of the molecule is CCOc1cc(CN2CCN(c3ncccc3Cl)CC2)cc2[nH]c(=O)c3c(c12)NCCC3. The van der Waals surface area contributed by atoms with E-state index in [1.54, 1.807) is 6.20 Å². The molecule has 1 saturated heterocycles. The summed E-state index contributed by atoms with van der Waals surface area (Å²) in [6.07, 6.45) is 3.55. The molecule has 2 aliphatic heterocycles. The van der Waals surface area contributed by atoms with Gasteiger partial charge in [0.2, 0.25) is 0 Å². The smallest absolute Gasteiger partial charge is 0.253 e. The van der Waals surface area contributed by atoms with Crippen molar-refractivity contribution in [2.75, 3.05) is 49.5 Å². The third-order valence-electron chi connectivity index (χ3n) is 6.26. The van der Waals surface area contributed by atoms with Crippen LogP contribution in [0.3, 0.4) is 0 Å². The monoisotopic (exact) mass is 453 g/mol. The number of piperazine rings is 1. The van der Waals surface area contributed by atoms with E-state index in [0.29, 0.717) is 11.6 Å². The Bertz CT molecular complexity index is 1190. The Morgan fingerprint density at radius 1 is 1.22 bits per heavy atom. The van der Waals surface area contributed by atoms with E-state index in [1.165, 1.54) is 0 Å². The zero-order valence-electron chi connectivity index (χ0n) is 18.3. The number of halogens is 1. The first kappa shape index (κ1) is 21.1. The number of H-pyrrole nitrogens is 1. The topological polar surface area (TPSA) is 73.5 Å². The lowest BCUT2D eigenvalue weighted by atomic mass is 9.99. The summed E-state index contributed by atoms with van der Waals surface area (Å²) in [5, 5.41) is 5.12. The maximum absolute atomic E-state index is 12.7. The van der Waals surface area contributed by atoms with Crippen LogP contribution in [-0.2, 0) is 13.0 Å². The molecule has 32 heavy (non-hydrogen) atoms. The van der Waals surface area contributed by atoms with Gasteiger partial charge in [0.05, 0.1) is 28.2 Å². The Morgan fingerprint density at radius 2 is 2.06 bits per heavy atom. The highest BCUT2D eigenvalue weighted by atomic mass is 35.5. The Balaban J connectivity index is 1.39. The van der Waals surface area contributed by atoms with E-state index in [-0.39, 0.29) is 5.56 Å². The van der Waals surface area contributed by atoms with Crippen LogP contribution in [0.1, 0.15) is 24.5 Å². The van der Waals surface area contributed by atoms with Crippen LogP contribution in [-0.4, -0.2) is 54.2 Å². The fraction of sp³-hybridized carbons (Fsp3) is 0.417. The van der Waals surface area contributed by atoms with E-state index in [2.05, 4.69) is 37.2 Å². The van der Waals surface area contributed by atoms with E-state index < -0.39 is 0 Å². The number of anilines is 2. The Kier molecular flexibility index (Phi) is 5.93. The fourth-order valence-corrected chi connectivity index (χ4v) is 4.99. The van der Waals surface area contributed by atoms with E-state index in [0.717, 1.165) is 91.4 Å². The average Bonchev–Trinajstić information content (AvgIpc) is 2.80. The standard InChI is InChI=1S/C24H28ClN5O2/c1-2-32-20-14-16(13-19-21(20)22-17(24(31)28-19)5-3-7-26-22)15-29-9-11-30(12-10-29)23-18(25)6-4-8-27-23/h4,6,8,13-14,26H,2-3,5,7,9-12,15H2,1H3,(H,28,31). The second-order valence-corrected chi connectivity index (χ2v) is 8.77. The van der Waals surface area contributed by atoms with Crippen molar-refractivity contribution < 1.29 is 4.74 Å². The summed E-state index contributed by atoms with van der Waals surface area (Å²) in [5.41, 5.74) is 3.74. The quantitative estimate of drug-likeness (QED) is 0.614. The summed E-state index contributed by atoms with van der Waals surface area (Å²) in [6, 6.07) is 7.96. The van der Waals surface area contributed by atoms with Gasteiger partial charge in [0.1, 0.15) is 11.6 Å². The zero-order valence-corrected chi connectivity index (χ0v) is 19.0. The Hall–Kier alpha value is -2.77. The lowest BCUT2D eigenvalue weighted by molar-refractivity contribution is 0.249. The molecule has 3 aromatic rings.